The van der Waals surface area contributed by atoms with Gasteiger partial charge in [-0.25, -0.2) is 13.6 Å². The second-order valence-electron chi connectivity index (χ2n) is 11.3. The van der Waals surface area contributed by atoms with E-state index in [9.17, 15) is 14.3 Å². The first kappa shape index (κ1) is 26.9. The summed E-state index contributed by atoms with van der Waals surface area (Å²) in [5.41, 5.74) is 6.73. The molecule has 0 saturated heterocycles. The number of hydrogen-bond acceptors (Lipinski definition) is 5. The highest BCUT2D eigenvalue weighted by molar-refractivity contribution is 5.88. The van der Waals surface area contributed by atoms with E-state index in [1.807, 2.05) is 47.6 Å². The van der Waals surface area contributed by atoms with Crippen molar-refractivity contribution in [3.8, 4) is 16.9 Å². The van der Waals surface area contributed by atoms with Crippen LogP contribution in [0.2, 0.25) is 0 Å². The van der Waals surface area contributed by atoms with Gasteiger partial charge in [0.2, 0.25) is 0 Å². The molecule has 3 aromatic rings. The van der Waals surface area contributed by atoms with Gasteiger partial charge in [-0.05, 0) is 105 Å². The SMILES string of the molecule is Cc1c(-c2c(C)c3c(c(C)c2[C@H](OC(C)(C)C)C(=O)O)CN(c2cccc(F)c2)C3)cc(F)c2c1NCCO2. The number of carboxylic acid groups (broad SMARTS) is 1. The minimum Gasteiger partial charge on any atom is -0.486 e. The molecule has 2 aliphatic rings. The molecule has 0 aliphatic carbocycles. The molecule has 8 heteroatoms. The van der Waals surface area contributed by atoms with Crippen LogP contribution in [0.15, 0.2) is 30.3 Å². The molecule has 0 aromatic heterocycles. The molecule has 39 heavy (non-hydrogen) atoms. The number of halogens is 2. The number of nitrogens with one attached hydrogen (secondary N) is 1. The molecule has 2 aliphatic heterocycles. The van der Waals surface area contributed by atoms with Crippen LogP contribution in [0.5, 0.6) is 5.75 Å². The van der Waals surface area contributed by atoms with E-state index in [0.29, 0.717) is 48.6 Å². The molecule has 5 rings (SSSR count). The second-order valence-corrected chi connectivity index (χ2v) is 11.3. The van der Waals surface area contributed by atoms with Crippen molar-refractivity contribution in [3.63, 3.8) is 0 Å². The molecule has 206 valence electrons. The molecule has 2 N–H and O–H groups in total. The first-order valence-electron chi connectivity index (χ1n) is 13.1. The average Bonchev–Trinajstić information content (AvgIpc) is 3.33. The first-order valence-corrected chi connectivity index (χ1v) is 13.1. The zero-order chi connectivity index (χ0) is 28.2. The van der Waals surface area contributed by atoms with Gasteiger partial charge in [0.25, 0.3) is 0 Å². The Hall–Kier alpha value is -3.65. The van der Waals surface area contributed by atoms with Crippen molar-refractivity contribution in [2.45, 2.75) is 66.3 Å². The Morgan fingerprint density at radius 3 is 2.41 bits per heavy atom. The third kappa shape index (κ3) is 4.82. The van der Waals surface area contributed by atoms with Crippen LogP contribution in [-0.2, 0) is 22.6 Å². The summed E-state index contributed by atoms with van der Waals surface area (Å²) in [7, 11) is 0. The van der Waals surface area contributed by atoms with Crippen molar-refractivity contribution in [2.24, 2.45) is 0 Å². The molecule has 0 amide bonds. The van der Waals surface area contributed by atoms with Gasteiger partial charge in [0, 0.05) is 30.9 Å². The van der Waals surface area contributed by atoms with Crippen LogP contribution in [0.1, 0.15) is 60.3 Å². The van der Waals surface area contributed by atoms with E-state index in [1.165, 1.54) is 18.2 Å². The van der Waals surface area contributed by atoms with Gasteiger partial charge in [-0.15, -0.1) is 0 Å². The summed E-state index contributed by atoms with van der Waals surface area (Å²) in [6, 6.07) is 7.88. The third-order valence-electron chi connectivity index (χ3n) is 7.56. The lowest BCUT2D eigenvalue weighted by molar-refractivity contribution is -0.160. The minimum absolute atomic E-state index is 0.178. The summed E-state index contributed by atoms with van der Waals surface area (Å²) >= 11 is 0. The number of ether oxygens (including phenoxy) is 2. The number of nitrogens with zero attached hydrogens (tertiary/aromatic N) is 1. The van der Waals surface area contributed by atoms with Gasteiger partial charge in [-0.2, -0.15) is 0 Å². The van der Waals surface area contributed by atoms with Crippen LogP contribution < -0.4 is 15.0 Å². The maximum atomic E-state index is 15.4. The summed E-state index contributed by atoms with van der Waals surface area (Å²) in [5.74, 6) is -1.77. The molecule has 1 atom stereocenters. The number of rotatable bonds is 5. The summed E-state index contributed by atoms with van der Waals surface area (Å²) in [6.07, 6.45) is -1.28. The Morgan fingerprint density at radius 1 is 1.08 bits per heavy atom. The quantitative estimate of drug-likeness (QED) is 0.373. The van der Waals surface area contributed by atoms with E-state index in [1.54, 1.807) is 6.07 Å². The lowest BCUT2D eigenvalue weighted by Gasteiger charge is -2.31. The predicted octanol–water partition coefficient (Wildman–Crippen LogP) is 6.82. The molecule has 0 bridgehead atoms. The Kier molecular flexibility index (Phi) is 6.79. The number of carbonyl (C=O) groups is 1. The molecule has 2 heterocycles. The highest BCUT2D eigenvalue weighted by Crippen LogP contribution is 2.48. The highest BCUT2D eigenvalue weighted by Gasteiger charge is 2.37. The third-order valence-corrected chi connectivity index (χ3v) is 7.56. The number of benzene rings is 3. The van der Waals surface area contributed by atoms with Crippen molar-refractivity contribution < 1.29 is 28.2 Å². The fourth-order valence-corrected chi connectivity index (χ4v) is 5.81. The normalized spacial score (nSPS) is 15.3. The van der Waals surface area contributed by atoms with Gasteiger partial charge in [-0.1, -0.05) is 6.07 Å². The number of hydrogen-bond donors (Lipinski definition) is 2. The van der Waals surface area contributed by atoms with Crippen LogP contribution >= 0.6 is 0 Å². The van der Waals surface area contributed by atoms with Crippen molar-refractivity contribution in [1.82, 2.24) is 0 Å². The van der Waals surface area contributed by atoms with Gasteiger partial charge in [-0.3, -0.25) is 0 Å². The number of fused-ring (bicyclic) bond motifs is 2. The molecule has 0 radical (unpaired) electrons. The number of carboxylic acids is 1. The van der Waals surface area contributed by atoms with Crippen LogP contribution in [-0.4, -0.2) is 29.8 Å². The van der Waals surface area contributed by atoms with Gasteiger partial charge in [0.15, 0.2) is 17.7 Å². The molecule has 0 fully saturated rings. The Bertz CT molecular complexity index is 1480. The topological polar surface area (TPSA) is 71.0 Å². The van der Waals surface area contributed by atoms with Gasteiger partial charge in [0.05, 0.1) is 11.3 Å². The lowest BCUT2D eigenvalue weighted by atomic mass is 9.81. The van der Waals surface area contributed by atoms with Crippen molar-refractivity contribution in [1.29, 1.82) is 0 Å². The van der Waals surface area contributed by atoms with Crippen molar-refractivity contribution in [3.05, 3.63) is 75.3 Å². The fraction of sp³-hybridized carbons (Fsp3) is 0.387. The Morgan fingerprint density at radius 2 is 1.77 bits per heavy atom. The van der Waals surface area contributed by atoms with Crippen molar-refractivity contribution in [2.75, 3.05) is 23.4 Å². The van der Waals surface area contributed by atoms with Crippen LogP contribution in [0.3, 0.4) is 0 Å². The van der Waals surface area contributed by atoms with E-state index in [4.69, 9.17) is 9.47 Å². The molecule has 0 spiro atoms. The largest absolute Gasteiger partial charge is 0.486 e. The van der Waals surface area contributed by atoms with Gasteiger partial charge in [0.1, 0.15) is 12.4 Å². The highest BCUT2D eigenvalue weighted by atomic mass is 19.1. The zero-order valence-electron chi connectivity index (χ0n) is 23.2. The first-order chi connectivity index (χ1) is 18.4. The van der Waals surface area contributed by atoms with Gasteiger partial charge >= 0.3 is 5.97 Å². The number of anilines is 2. The monoisotopic (exact) mass is 536 g/mol. The van der Waals surface area contributed by atoms with E-state index in [0.717, 1.165) is 33.5 Å². The smallest absolute Gasteiger partial charge is 0.337 e. The maximum Gasteiger partial charge on any atom is 0.337 e. The lowest BCUT2D eigenvalue weighted by Crippen LogP contribution is -2.29. The molecular formula is C31H34F2N2O4. The zero-order valence-corrected chi connectivity index (χ0v) is 23.2. The Labute approximate surface area is 227 Å². The van der Waals surface area contributed by atoms with E-state index < -0.39 is 23.5 Å². The minimum atomic E-state index is -1.28. The Balaban J connectivity index is 1.78. The van der Waals surface area contributed by atoms with E-state index >= 15 is 4.39 Å². The van der Waals surface area contributed by atoms with Crippen LogP contribution in [0, 0.1) is 32.4 Å². The maximum absolute atomic E-state index is 15.4. The molecule has 0 saturated carbocycles. The summed E-state index contributed by atoms with van der Waals surface area (Å²) in [6.45, 7) is 13.1. The average molecular weight is 537 g/mol. The molecule has 3 aromatic carbocycles. The van der Waals surface area contributed by atoms with Crippen LogP contribution in [0.25, 0.3) is 11.1 Å². The number of aliphatic carboxylic acids is 1. The standard InChI is InChI=1S/C31H34F2N2O4/c1-16-22-14-35(20-9-7-8-19(32)12-20)15-23(22)17(2)26(29(30(36)37)39-31(4,5)6)25(16)21-13-24(33)28-27(18(21)3)34-10-11-38-28/h7-9,12-13,29,34H,10-11,14-15H2,1-6H3,(H,36,37)/t29-/m0/s1. The van der Waals surface area contributed by atoms with Crippen molar-refractivity contribution >= 4 is 17.3 Å². The van der Waals surface area contributed by atoms with E-state index in [-0.39, 0.29) is 11.6 Å². The second kappa shape index (κ2) is 9.83. The summed E-state index contributed by atoms with van der Waals surface area (Å²) in [5, 5.41) is 13.7. The summed E-state index contributed by atoms with van der Waals surface area (Å²) in [4.78, 5) is 14.8. The molecular weight excluding hydrogens is 502 g/mol. The predicted molar refractivity (Wildman–Crippen MR) is 148 cm³/mol. The summed E-state index contributed by atoms with van der Waals surface area (Å²) < 4.78 is 41.3. The van der Waals surface area contributed by atoms with Crippen LogP contribution in [0.4, 0.5) is 20.2 Å². The van der Waals surface area contributed by atoms with Gasteiger partial charge < -0.3 is 24.8 Å². The molecule has 6 nitrogen and oxygen atoms in total. The van der Waals surface area contributed by atoms with E-state index in [2.05, 4.69) is 10.2 Å². The molecule has 0 unspecified atom stereocenters. The fourth-order valence-electron chi connectivity index (χ4n) is 5.81.